The van der Waals surface area contributed by atoms with Crippen molar-refractivity contribution in [3.8, 4) is 0 Å². The van der Waals surface area contributed by atoms with Gasteiger partial charge in [0.15, 0.2) is 0 Å². The first kappa shape index (κ1) is 23.5. The number of rotatable bonds is 6. The number of nitrogens with zero attached hydrogens (tertiary/aromatic N) is 3. The Balaban J connectivity index is 1.73. The van der Waals surface area contributed by atoms with E-state index in [4.69, 9.17) is 4.74 Å². The molecule has 1 atom stereocenters. The zero-order valence-corrected chi connectivity index (χ0v) is 20.4. The number of likely N-dealkylation sites (tertiary alicyclic amines) is 1. The van der Waals surface area contributed by atoms with Crippen LogP contribution in [0.1, 0.15) is 17.2 Å². The van der Waals surface area contributed by atoms with Gasteiger partial charge in [-0.2, -0.15) is 0 Å². The van der Waals surface area contributed by atoms with Crippen LogP contribution in [0.3, 0.4) is 0 Å². The second kappa shape index (κ2) is 10.1. The van der Waals surface area contributed by atoms with Crippen LogP contribution in [-0.2, 0) is 14.3 Å². The van der Waals surface area contributed by atoms with E-state index in [0.717, 1.165) is 28.8 Å². The van der Waals surface area contributed by atoms with Crippen molar-refractivity contribution in [1.29, 1.82) is 0 Å². The minimum atomic E-state index is -0.654. The topological polar surface area (TPSA) is 73.3 Å². The summed E-state index contributed by atoms with van der Waals surface area (Å²) in [6.45, 7) is 3.95. The number of morpholine rings is 1. The molecule has 0 aromatic heterocycles. The average Bonchev–Trinajstić information content (AvgIpc) is 3.08. The Hall–Kier alpha value is -2.68. The molecule has 2 fully saturated rings. The highest BCUT2D eigenvalue weighted by atomic mass is 79.9. The lowest BCUT2D eigenvalue weighted by atomic mass is 9.95. The van der Waals surface area contributed by atoms with E-state index in [1.165, 1.54) is 0 Å². The van der Waals surface area contributed by atoms with Gasteiger partial charge in [-0.15, -0.1) is 0 Å². The zero-order valence-electron chi connectivity index (χ0n) is 18.8. The van der Waals surface area contributed by atoms with Crippen LogP contribution in [0, 0.1) is 0 Å². The molecule has 0 spiro atoms. The number of halogens is 1. The second-order valence-electron chi connectivity index (χ2n) is 8.44. The Kier molecular flexibility index (Phi) is 7.17. The lowest BCUT2D eigenvalue weighted by molar-refractivity contribution is -0.140. The van der Waals surface area contributed by atoms with E-state index < -0.39 is 17.7 Å². The molecular weight excluding hydrogens is 486 g/mol. The molecule has 4 rings (SSSR count). The fourth-order valence-electron chi connectivity index (χ4n) is 4.25. The van der Waals surface area contributed by atoms with Crippen molar-refractivity contribution in [2.45, 2.75) is 6.04 Å². The van der Waals surface area contributed by atoms with Crippen LogP contribution in [0.15, 0.2) is 58.6 Å². The predicted octanol–water partition coefficient (Wildman–Crippen LogP) is 3.27. The van der Waals surface area contributed by atoms with E-state index in [0.29, 0.717) is 31.9 Å². The molecular formula is C25H28BrN3O4. The smallest absolute Gasteiger partial charge is 0.295 e. The molecule has 2 aromatic carbocycles. The number of amides is 1. The van der Waals surface area contributed by atoms with Crippen LogP contribution < -0.4 is 4.90 Å². The van der Waals surface area contributed by atoms with E-state index in [9.17, 15) is 14.7 Å². The van der Waals surface area contributed by atoms with Gasteiger partial charge in [0.05, 0.1) is 24.8 Å². The van der Waals surface area contributed by atoms with Gasteiger partial charge in [-0.3, -0.25) is 14.5 Å². The van der Waals surface area contributed by atoms with E-state index in [2.05, 4.69) is 20.8 Å². The molecule has 0 unspecified atom stereocenters. The molecule has 2 aromatic rings. The largest absolute Gasteiger partial charge is 0.507 e. The summed E-state index contributed by atoms with van der Waals surface area (Å²) in [5.74, 6) is -1.39. The highest BCUT2D eigenvalue weighted by Crippen LogP contribution is 2.39. The third kappa shape index (κ3) is 4.98. The van der Waals surface area contributed by atoms with Gasteiger partial charge in [0.1, 0.15) is 5.76 Å². The van der Waals surface area contributed by atoms with Crippen molar-refractivity contribution in [1.82, 2.24) is 9.80 Å². The van der Waals surface area contributed by atoms with E-state index in [1.807, 2.05) is 43.3 Å². The number of anilines is 1. The Morgan fingerprint density at radius 3 is 2.27 bits per heavy atom. The number of carbonyl (C=O) groups is 2. The van der Waals surface area contributed by atoms with Crippen LogP contribution in [-0.4, -0.2) is 80.1 Å². The lowest BCUT2D eigenvalue weighted by Gasteiger charge is -2.31. The van der Waals surface area contributed by atoms with Gasteiger partial charge in [0.25, 0.3) is 11.7 Å². The quantitative estimate of drug-likeness (QED) is 0.363. The van der Waals surface area contributed by atoms with Crippen LogP contribution in [0.25, 0.3) is 5.76 Å². The number of aliphatic hydroxyl groups is 1. The molecule has 0 aliphatic carbocycles. The van der Waals surface area contributed by atoms with Gasteiger partial charge in [0, 0.05) is 56.0 Å². The van der Waals surface area contributed by atoms with Crippen LogP contribution >= 0.6 is 15.9 Å². The summed E-state index contributed by atoms with van der Waals surface area (Å²) >= 11 is 3.39. The summed E-state index contributed by atoms with van der Waals surface area (Å²) in [6, 6.07) is 14.2. The van der Waals surface area contributed by atoms with Gasteiger partial charge >= 0.3 is 0 Å². The Labute approximate surface area is 202 Å². The van der Waals surface area contributed by atoms with Crippen LogP contribution in [0.2, 0.25) is 0 Å². The number of hydrogen-bond donors (Lipinski definition) is 1. The number of ketones is 1. The maximum atomic E-state index is 13.1. The fraction of sp³-hybridized carbons (Fsp3) is 0.360. The van der Waals surface area contributed by atoms with Gasteiger partial charge < -0.3 is 19.6 Å². The standard InChI is InChI=1S/C25H28BrN3O4/c1-27(2)20-9-5-17(6-10-20)22-21(23(30)18-3-7-19(26)8-4-18)24(31)25(32)29(22)12-11-28-13-15-33-16-14-28/h3-10,22,30H,11-16H2,1-2H3/b23-21+/t22-/m1/s1. The van der Waals surface area contributed by atoms with Crippen molar-refractivity contribution >= 4 is 39.1 Å². The van der Waals surface area contributed by atoms with Gasteiger partial charge in [-0.25, -0.2) is 0 Å². The normalized spacial score (nSPS) is 20.9. The van der Waals surface area contributed by atoms with Crippen molar-refractivity contribution in [2.24, 2.45) is 0 Å². The minimum absolute atomic E-state index is 0.127. The second-order valence-corrected chi connectivity index (χ2v) is 9.36. The fourth-order valence-corrected chi connectivity index (χ4v) is 4.51. The zero-order chi connectivity index (χ0) is 23.5. The third-order valence-electron chi connectivity index (χ3n) is 6.14. The van der Waals surface area contributed by atoms with Crippen molar-refractivity contribution in [2.75, 3.05) is 58.4 Å². The molecule has 0 bridgehead atoms. The number of Topliss-reactive ketones (excluding diaryl/α,β-unsaturated/α-hetero) is 1. The number of hydrogen-bond acceptors (Lipinski definition) is 6. The molecule has 2 heterocycles. The Morgan fingerprint density at radius 2 is 1.67 bits per heavy atom. The summed E-state index contributed by atoms with van der Waals surface area (Å²) in [5, 5.41) is 11.1. The van der Waals surface area contributed by atoms with Crippen LogP contribution in [0.4, 0.5) is 5.69 Å². The Bertz CT molecular complexity index is 1040. The first-order valence-corrected chi connectivity index (χ1v) is 11.8. The van der Waals surface area contributed by atoms with Gasteiger partial charge in [-0.1, -0.05) is 40.2 Å². The molecule has 7 nitrogen and oxygen atoms in total. The number of aliphatic hydroxyl groups excluding tert-OH is 1. The lowest BCUT2D eigenvalue weighted by Crippen LogP contribution is -2.42. The maximum absolute atomic E-state index is 13.1. The molecule has 2 aliphatic heterocycles. The maximum Gasteiger partial charge on any atom is 0.295 e. The number of carbonyl (C=O) groups excluding carboxylic acids is 2. The van der Waals surface area contributed by atoms with E-state index in [-0.39, 0.29) is 11.3 Å². The number of ether oxygens (including phenoxy) is 1. The van der Waals surface area contributed by atoms with Crippen LogP contribution in [0.5, 0.6) is 0 Å². The first-order valence-electron chi connectivity index (χ1n) is 11.0. The molecule has 174 valence electrons. The number of benzene rings is 2. The molecule has 1 amide bonds. The predicted molar refractivity (Wildman–Crippen MR) is 131 cm³/mol. The van der Waals surface area contributed by atoms with Crippen molar-refractivity contribution < 1.29 is 19.4 Å². The summed E-state index contributed by atoms with van der Waals surface area (Å²) in [4.78, 5) is 32.1. The summed E-state index contributed by atoms with van der Waals surface area (Å²) in [6.07, 6.45) is 0. The molecule has 0 saturated carbocycles. The molecule has 2 aliphatic rings. The molecule has 0 radical (unpaired) electrons. The molecule has 8 heteroatoms. The SMILES string of the molecule is CN(C)c1ccc([C@@H]2/C(=C(\O)c3ccc(Br)cc3)C(=O)C(=O)N2CCN2CCOCC2)cc1. The highest BCUT2D eigenvalue weighted by Gasteiger charge is 2.46. The third-order valence-corrected chi connectivity index (χ3v) is 6.67. The average molecular weight is 514 g/mol. The molecule has 1 N–H and O–H groups in total. The molecule has 33 heavy (non-hydrogen) atoms. The molecule has 2 saturated heterocycles. The Morgan fingerprint density at radius 1 is 1.03 bits per heavy atom. The van der Waals surface area contributed by atoms with Crippen molar-refractivity contribution in [3.63, 3.8) is 0 Å². The highest BCUT2D eigenvalue weighted by molar-refractivity contribution is 9.10. The summed E-state index contributed by atoms with van der Waals surface area (Å²) in [7, 11) is 3.91. The van der Waals surface area contributed by atoms with E-state index in [1.54, 1.807) is 29.2 Å². The van der Waals surface area contributed by atoms with Gasteiger partial charge in [0.2, 0.25) is 0 Å². The van der Waals surface area contributed by atoms with E-state index >= 15 is 0 Å². The summed E-state index contributed by atoms with van der Waals surface area (Å²) in [5.41, 5.74) is 2.43. The first-order chi connectivity index (χ1) is 15.9. The monoisotopic (exact) mass is 513 g/mol. The van der Waals surface area contributed by atoms with Gasteiger partial charge in [-0.05, 0) is 29.8 Å². The summed E-state index contributed by atoms with van der Waals surface area (Å²) < 4.78 is 6.27. The van der Waals surface area contributed by atoms with Crippen molar-refractivity contribution in [3.05, 3.63) is 69.7 Å². The minimum Gasteiger partial charge on any atom is -0.507 e.